The van der Waals surface area contributed by atoms with Gasteiger partial charge in [-0.15, -0.1) is 0 Å². The Bertz CT molecular complexity index is 1350. The van der Waals surface area contributed by atoms with E-state index in [1.165, 1.54) is 12.1 Å². The molecule has 0 aliphatic rings. The highest BCUT2D eigenvalue weighted by Gasteiger charge is 2.11. The van der Waals surface area contributed by atoms with Crippen molar-refractivity contribution in [1.82, 2.24) is 10.3 Å². The number of carboxylic acid groups (broad SMARTS) is 1. The third-order valence-corrected chi connectivity index (χ3v) is 5.39. The molecule has 0 unspecified atom stereocenters. The molecule has 0 saturated carbocycles. The molecule has 0 radical (unpaired) electrons. The molecule has 6 nitrogen and oxygen atoms in total. The molecule has 1 amide bonds. The Morgan fingerprint density at radius 1 is 0.906 bits per heavy atom. The quantitative estimate of drug-likeness (QED) is 0.433. The second-order valence-corrected chi connectivity index (χ2v) is 7.75. The molecule has 1 heterocycles. The first-order chi connectivity index (χ1) is 15.4. The number of fused-ring (bicyclic) bond motifs is 1. The Labute approximate surface area is 184 Å². The fourth-order valence-electron chi connectivity index (χ4n) is 3.51. The number of benzene rings is 3. The van der Waals surface area contributed by atoms with E-state index >= 15 is 0 Å². The number of aromatic nitrogens is 1. The van der Waals surface area contributed by atoms with E-state index in [0.29, 0.717) is 35.0 Å². The second kappa shape index (κ2) is 8.89. The van der Waals surface area contributed by atoms with Crippen LogP contribution in [0.3, 0.4) is 0 Å². The molecule has 0 saturated heterocycles. The summed E-state index contributed by atoms with van der Waals surface area (Å²) < 4.78 is 0. The van der Waals surface area contributed by atoms with Crippen LogP contribution in [0.25, 0.3) is 10.9 Å². The number of carbonyl (C=O) groups excluding carboxylic acids is 1. The van der Waals surface area contributed by atoms with Gasteiger partial charge in [-0.3, -0.25) is 9.59 Å². The van der Waals surface area contributed by atoms with Crippen LogP contribution in [0.4, 0.5) is 0 Å². The van der Waals surface area contributed by atoms with Crippen LogP contribution in [0, 0.1) is 6.92 Å². The van der Waals surface area contributed by atoms with E-state index in [0.717, 1.165) is 16.7 Å². The molecule has 32 heavy (non-hydrogen) atoms. The van der Waals surface area contributed by atoms with Gasteiger partial charge in [-0.25, -0.2) is 4.79 Å². The molecule has 0 bridgehead atoms. The molecule has 4 rings (SSSR count). The van der Waals surface area contributed by atoms with Crippen LogP contribution in [0.2, 0.25) is 0 Å². The van der Waals surface area contributed by atoms with Crippen LogP contribution in [-0.2, 0) is 13.0 Å². The van der Waals surface area contributed by atoms with E-state index < -0.39 is 5.97 Å². The Balaban J connectivity index is 1.55. The number of nitrogens with one attached hydrogen (secondary N) is 2. The zero-order valence-corrected chi connectivity index (χ0v) is 17.5. The fourth-order valence-corrected chi connectivity index (χ4v) is 3.51. The Morgan fingerprint density at radius 2 is 1.56 bits per heavy atom. The number of rotatable bonds is 6. The van der Waals surface area contributed by atoms with Crippen molar-refractivity contribution in [3.8, 4) is 0 Å². The third kappa shape index (κ3) is 4.59. The predicted molar refractivity (Wildman–Crippen MR) is 123 cm³/mol. The Kier molecular flexibility index (Phi) is 5.85. The lowest BCUT2D eigenvalue weighted by molar-refractivity contribution is 0.0696. The molecule has 160 valence electrons. The topological polar surface area (TPSA) is 99.3 Å². The first-order valence-electron chi connectivity index (χ1n) is 10.2. The van der Waals surface area contributed by atoms with Gasteiger partial charge in [0.1, 0.15) is 0 Å². The average molecular weight is 426 g/mol. The first kappa shape index (κ1) is 21.1. The van der Waals surface area contributed by atoms with Gasteiger partial charge in [0.15, 0.2) is 5.43 Å². The standard InChI is InChI=1S/C26H22N2O4/c1-16-2-4-18(5-3-16)14-28-25(30)20-10-11-23-22(13-20)24(29)21(15-27-23)12-17-6-8-19(9-7-17)26(31)32/h2-11,13,15H,12,14H2,1H3,(H,27,29)(H,28,30)(H,31,32). The maximum Gasteiger partial charge on any atom is 0.335 e. The van der Waals surface area contributed by atoms with Crippen LogP contribution in [0.5, 0.6) is 0 Å². The average Bonchev–Trinajstić information content (AvgIpc) is 2.80. The van der Waals surface area contributed by atoms with Gasteiger partial charge < -0.3 is 15.4 Å². The van der Waals surface area contributed by atoms with Crippen LogP contribution in [0.15, 0.2) is 77.7 Å². The highest BCUT2D eigenvalue weighted by atomic mass is 16.4. The van der Waals surface area contributed by atoms with Gasteiger partial charge in [-0.1, -0.05) is 42.0 Å². The maximum absolute atomic E-state index is 13.0. The minimum Gasteiger partial charge on any atom is -0.478 e. The highest BCUT2D eigenvalue weighted by molar-refractivity contribution is 5.98. The third-order valence-electron chi connectivity index (χ3n) is 5.39. The molecule has 0 aliphatic carbocycles. The fraction of sp³-hybridized carbons (Fsp3) is 0.115. The largest absolute Gasteiger partial charge is 0.478 e. The first-order valence-corrected chi connectivity index (χ1v) is 10.2. The molecule has 0 fully saturated rings. The molecule has 3 N–H and O–H groups in total. The predicted octanol–water partition coefficient (Wildman–Crippen LogP) is 4.06. The summed E-state index contributed by atoms with van der Waals surface area (Å²) >= 11 is 0. The number of H-pyrrole nitrogens is 1. The number of aromatic carboxylic acids is 1. The zero-order valence-electron chi connectivity index (χ0n) is 17.5. The highest BCUT2D eigenvalue weighted by Crippen LogP contribution is 2.14. The molecular formula is C26H22N2O4. The molecule has 1 aromatic heterocycles. The van der Waals surface area contributed by atoms with Crippen molar-refractivity contribution in [2.75, 3.05) is 0 Å². The van der Waals surface area contributed by atoms with E-state index in [-0.39, 0.29) is 16.9 Å². The van der Waals surface area contributed by atoms with Gasteiger partial charge in [-0.2, -0.15) is 0 Å². The molecule has 0 spiro atoms. The number of aromatic amines is 1. The Morgan fingerprint density at radius 3 is 2.25 bits per heavy atom. The van der Waals surface area contributed by atoms with E-state index in [1.54, 1.807) is 36.5 Å². The van der Waals surface area contributed by atoms with Gasteiger partial charge in [0.2, 0.25) is 0 Å². The van der Waals surface area contributed by atoms with Gasteiger partial charge >= 0.3 is 5.97 Å². The summed E-state index contributed by atoms with van der Waals surface area (Å²) in [4.78, 5) is 39.8. The number of pyridine rings is 1. The van der Waals surface area contributed by atoms with Gasteiger partial charge in [-0.05, 0) is 48.4 Å². The molecular weight excluding hydrogens is 404 g/mol. The minimum absolute atomic E-state index is 0.158. The summed E-state index contributed by atoms with van der Waals surface area (Å²) in [5, 5.41) is 12.4. The summed E-state index contributed by atoms with van der Waals surface area (Å²) in [6.45, 7) is 2.41. The molecule has 0 atom stereocenters. The van der Waals surface area contributed by atoms with E-state index in [4.69, 9.17) is 5.11 Å². The van der Waals surface area contributed by atoms with Gasteiger partial charge in [0, 0.05) is 41.2 Å². The smallest absolute Gasteiger partial charge is 0.335 e. The van der Waals surface area contributed by atoms with Crippen molar-refractivity contribution in [2.45, 2.75) is 19.9 Å². The lowest BCUT2D eigenvalue weighted by Gasteiger charge is -2.08. The monoisotopic (exact) mass is 426 g/mol. The number of carbonyl (C=O) groups is 2. The summed E-state index contributed by atoms with van der Waals surface area (Å²) in [5.41, 5.74) is 4.62. The van der Waals surface area contributed by atoms with Gasteiger partial charge in [0.25, 0.3) is 5.91 Å². The normalized spacial score (nSPS) is 10.8. The zero-order chi connectivity index (χ0) is 22.7. The van der Waals surface area contributed by atoms with E-state index in [1.807, 2.05) is 31.2 Å². The van der Waals surface area contributed by atoms with Crippen molar-refractivity contribution >= 4 is 22.8 Å². The second-order valence-electron chi connectivity index (χ2n) is 7.75. The number of aryl methyl sites for hydroxylation is 1. The molecule has 3 aromatic carbocycles. The van der Waals surface area contributed by atoms with E-state index in [9.17, 15) is 14.4 Å². The van der Waals surface area contributed by atoms with Gasteiger partial charge in [0.05, 0.1) is 5.56 Å². The van der Waals surface area contributed by atoms with Crippen LogP contribution < -0.4 is 10.7 Å². The van der Waals surface area contributed by atoms with Crippen LogP contribution in [0.1, 0.15) is 43.0 Å². The molecule has 6 heteroatoms. The van der Waals surface area contributed by atoms with Crippen molar-refractivity contribution in [2.24, 2.45) is 0 Å². The van der Waals surface area contributed by atoms with Crippen molar-refractivity contribution in [3.05, 3.63) is 117 Å². The minimum atomic E-state index is -0.992. The number of amides is 1. The lowest BCUT2D eigenvalue weighted by Crippen LogP contribution is -2.23. The Hall–Kier alpha value is -4.19. The van der Waals surface area contributed by atoms with Crippen molar-refractivity contribution in [1.29, 1.82) is 0 Å². The number of carboxylic acids is 1. The summed E-state index contributed by atoms with van der Waals surface area (Å²) in [6, 6.07) is 19.4. The number of hydrogen-bond acceptors (Lipinski definition) is 3. The van der Waals surface area contributed by atoms with Crippen LogP contribution in [-0.4, -0.2) is 22.0 Å². The summed E-state index contributed by atoms with van der Waals surface area (Å²) in [5.74, 6) is -1.24. The SMILES string of the molecule is Cc1ccc(CNC(=O)c2ccc3[nH]cc(Cc4ccc(C(=O)O)cc4)c(=O)c3c2)cc1. The molecule has 0 aliphatic heterocycles. The summed E-state index contributed by atoms with van der Waals surface area (Å²) in [6.07, 6.45) is 2.02. The lowest BCUT2D eigenvalue weighted by atomic mass is 10.0. The van der Waals surface area contributed by atoms with E-state index in [2.05, 4.69) is 10.3 Å². The van der Waals surface area contributed by atoms with Crippen LogP contribution >= 0.6 is 0 Å². The van der Waals surface area contributed by atoms with Crippen molar-refractivity contribution < 1.29 is 14.7 Å². The maximum atomic E-state index is 13.0. The number of hydrogen-bond donors (Lipinski definition) is 3. The summed E-state index contributed by atoms with van der Waals surface area (Å²) in [7, 11) is 0. The van der Waals surface area contributed by atoms with Crippen molar-refractivity contribution in [3.63, 3.8) is 0 Å². The molecule has 4 aromatic rings.